The number of aromatic nitrogens is 4. The number of amides is 1. The second-order valence-corrected chi connectivity index (χ2v) is 9.57. The number of carbonyl (C=O) groups excluding carboxylic acids is 1. The van der Waals surface area contributed by atoms with Crippen molar-refractivity contribution in [3.8, 4) is 11.4 Å². The molecule has 6 nitrogen and oxygen atoms in total. The molecule has 0 fully saturated rings. The van der Waals surface area contributed by atoms with Crippen LogP contribution >= 0.6 is 11.8 Å². The van der Waals surface area contributed by atoms with Gasteiger partial charge in [0, 0.05) is 23.6 Å². The molecule has 1 amide bonds. The number of hydrogen-bond acceptors (Lipinski definition) is 5. The topological polar surface area (TPSA) is 72.7 Å². The lowest BCUT2D eigenvalue weighted by molar-refractivity contribution is -0.115. The van der Waals surface area contributed by atoms with Crippen LogP contribution in [0.15, 0.2) is 84.3 Å². The molecule has 0 radical (unpaired) electrons. The zero-order valence-corrected chi connectivity index (χ0v) is 20.5. The molecule has 2 heterocycles. The van der Waals surface area contributed by atoms with Crippen LogP contribution in [0.4, 0.5) is 5.69 Å². The van der Waals surface area contributed by atoms with Crippen molar-refractivity contribution in [2.75, 3.05) is 5.32 Å². The zero-order valence-electron chi connectivity index (χ0n) is 19.7. The van der Waals surface area contributed by atoms with E-state index < -0.39 is 0 Å². The Morgan fingerprint density at radius 1 is 1.00 bits per heavy atom. The van der Waals surface area contributed by atoms with Crippen LogP contribution in [0.5, 0.6) is 0 Å². The number of nitrogens with one attached hydrogen (secondary N) is 1. The van der Waals surface area contributed by atoms with Crippen LogP contribution in [0.3, 0.4) is 0 Å². The Morgan fingerprint density at radius 2 is 1.76 bits per heavy atom. The molecule has 4 aromatic rings. The number of benzene rings is 2. The van der Waals surface area contributed by atoms with E-state index >= 15 is 0 Å². The van der Waals surface area contributed by atoms with Crippen molar-refractivity contribution in [1.29, 1.82) is 0 Å². The SMILES string of the molecule is CCC(C)c1ccccc1NC(=O)C(C)Sc1nnc(-c2cccnc2)n1Cc1ccccc1. The average Bonchev–Trinajstić information content (AvgIpc) is 3.26. The van der Waals surface area contributed by atoms with E-state index in [0.717, 1.165) is 34.6 Å². The molecule has 2 unspecified atom stereocenters. The van der Waals surface area contributed by atoms with Crippen molar-refractivity contribution in [3.63, 3.8) is 0 Å². The fourth-order valence-electron chi connectivity index (χ4n) is 3.70. The van der Waals surface area contributed by atoms with Gasteiger partial charge in [-0.15, -0.1) is 10.2 Å². The van der Waals surface area contributed by atoms with E-state index in [1.807, 2.05) is 60.0 Å². The van der Waals surface area contributed by atoms with Gasteiger partial charge in [-0.25, -0.2) is 0 Å². The number of anilines is 1. The summed E-state index contributed by atoms with van der Waals surface area (Å²) < 4.78 is 2.05. The fraction of sp³-hybridized carbons (Fsp3) is 0.259. The standard InChI is InChI=1S/C27H29N5OS/c1-4-19(2)23-14-8-9-15-24(23)29-26(33)20(3)34-27-31-30-25(22-13-10-16-28-17-22)32(27)18-21-11-6-5-7-12-21/h5-17,19-20H,4,18H2,1-3H3,(H,29,33). The van der Waals surface area contributed by atoms with Gasteiger partial charge in [0.05, 0.1) is 11.8 Å². The number of pyridine rings is 1. The van der Waals surface area contributed by atoms with E-state index in [4.69, 9.17) is 0 Å². The summed E-state index contributed by atoms with van der Waals surface area (Å²) in [7, 11) is 0. The van der Waals surface area contributed by atoms with Crippen LogP contribution in [-0.2, 0) is 11.3 Å². The maximum absolute atomic E-state index is 13.1. The number of thioether (sulfide) groups is 1. The second kappa shape index (κ2) is 11.1. The lowest BCUT2D eigenvalue weighted by atomic mass is 9.97. The molecule has 0 aliphatic carbocycles. The molecule has 2 aromatic heterocycles. The summed E-state index contributed by atoms with van der Waals surface area (Å²) in [6.07, 6.45) is 4.53. The number of nitrogens with zero attached hydrogens (tertiary/aromatic N) is 4. The van der Waals surface area contributed by atoms with Crippen molar-refractivity contribution in [2.24, 2.45) is 0 Å². The van der Waals surface area contributed by atoms with E-state index in [0.29, 0.717) is 17.6 Å². The van der Waals surface area contributed by atoms with E-state index in [-0.39, 0.29) is 11.2 Å². The summed E-state index contributed by atoms with van der Waals surface area (Å²) in [5.41, 5.74) is 4.05. The highest BCUT2D eigenvalue weighted by Crippen LogP contribution is 2.30. The smallest absolute Gasteiger partial charge is 0.237 e. The van der Waals surface area contributed by atoms with Crippen molar-refractivity contribution < 1.29 is 4.79 Å². The Hall–Kier alpha value is -3.45. The average molecular weight is 472 g/mol. The molecule has 0 saturated heterocycles. The molecule has 0 saturated carbocycles. The lowest BCUT2D eigenvalue weighted by Crippen LogP contribution is -2.24. The van der Waals surface area contributed by atoms with E-state index in [9.17, 15) is 4.79 Å². The monoisotopic (exact) mass is 471 g/mol. The minimum atomic E-state index is -0.356. The molecular weight excluding hydrogens is 442 g/mol. The van der Waals surface area contributed by atoms with Crippen molar-refractivity contribution in [3.05, 3.63) is 90.3 Å². The van der Waals surface area contributed by atoms with Gasteiger partial charge in [0.2, 0.25) is 5.91 Å². The van der Waals surface area contributed by atoms with Gasteiger partial charge in [-0.05, 0) is 48.6 Å². The number of carbonyl (C=O) groups is 1. The molecule has 0 aliphatic rings. The van der Waals surface area contributed by atoms with Gasteiger partial charge in [0.15, 0.2) is 11.0 Å². The van der Waals surface area contributed by atoms with E-state index in [1.165, 1.54) is 11.8 Å². The molecule has 0 aliphatic heterocycles. The Morgan fingerprint density at radius 3 is 2.50 bits per heavy atom. The number of hydrogen-bond donors (Lipinski definition) is 1. The predicted molar refractivity (Wildman–Crippen MR) is 138 cm³/mol. The fourth-order valence-corrected chi connectivity index (χ4v) is 4.55. The predicted octanol–water partition coefficient (Wildman–Crippen LogP) is 6.02. The minimum Gasteiger partial charge on any atom is -0.325 e. The summed E-state index contributed by atoms with van der Waals surface area (Å²) in [5, 5.41) is 12.4. The summed E-state index contributed by atoms with van der Waals surface area (Å²) in [5.74, 6) is 1.04. The van der Waals surface area contributed by atoms with Crippen molar-refractivity contribution in [2.45, 2.75) is 50.1 Å². The van der Waals surface area contributed by atoms with Crippen molar-refractivity contribution in [1.82, 2.24) is 19.7 Å². The molecule has 174 valence electrons. The van der Waals surface area contributed by atoms with Crippen LogP contribution in [0.1, 0.15) is 44.2 Å². The quantitative estimate of drug-likeness (QED) is 0.302. The number of para-hydroxylation sites is 1. The first-order chi connectivity index (χ1) is 16.6. The third kappa shape index (κ3) is 5.54. The summed E-state index contributed by atoms with van der Waals surface area (Å²) in [4.78, 5) is 17.4. The van der Waals surface area contributed by atoms with Crippen LogP contribution in [0.2, 0.25) is 0 Å². The molecular formula is C27H29N5OS. The molecule has 1 N–H and O–H groups in total. The molecule has 2 atom stereocenters. The van der Waals surface area contributed by atoms with Crippen molar-refractivity contribution >= 4 is 23.4 Å². The zero-order chi connectivity index (χ0) is 23.9. The third-order valence-electron chi connectivity index (χ3n) is 5.83. The third-order valence-corrected chi connectivity index (χ3v) is 6.91. The Balaban J connectivity index is 1.57. The van der Waals surface area contributed by atoms with Crippen LogP contribution in [0, 0.1) is 0 Å². The van der Waals surface area contributed by atoms with Gasteiger partial charge in [0.1, 0.15) is 0 Å². The summed E-state index contributed by atoms with van der Waals surface area (Å²) in [6, 6.07) is 22.0. The van der Waals surface area contributed by atoms with Gasteiger partial charge in [0.25, 0.3) is 0 Å². The molecule has 2 aromatic carbocycles. The maximum Gasteiger partial charge on any atom is 0.237 e. The Labute approximate surface area is 204 Å². The highest BCUT2D eigenvalue weighted by molar-refractivity contribution is 8.00. The van der Waals surface area contributed by atoms with Crippen LogP contribution in [-0.4, -0.2) is 30.9 Å². The highest BCUT2D eigenvalue weighted by Gasteiger charge is 2.22. The first kappa shape index (κ1) is 23.7. The van der Waals surface area contributed by atoms with Gasteiger partial charge in [-0.3, -0.25) is 14.3 Å². The van der Waals surface area contributed by atoms with Gasteiger partial charge < -0.3 is 5.32 Å². The lowest BCUT2D eigenvalue weighted by Gasteiger charge is -2.18. The maximum atomic E-state index is 13.1. The highest BCUT2D eigenvalue weighted by atomic mass is 32.2. The largest absolute Gasteiger partial charge is 0.325 e. The summed E-state index contributed by atoms with van der Waals surface area (Å²) in [6.45, 7) is 6.83. The first-order valence-corrected chi connectivity index (χ1v) is 12.4. The first-order valence-electron chi connectivity index (χ1n) is 11.5. The second-order valence-electron chi connectivity index (χ2n) is 8.27. The molecule has 34 heavy (non-hydrogen) atoms. The van der Waals surface area contributed by atoms with Crippen LogP contribution < -0.4 is 5.32 Å². The van der Waals surface area contributed by atoms with Gasteiger partial charge in [-0.2, -0.15) is 0 Å². The van der Waals surface area contributed by atoms with E-state index in [2.05, 4.69) is 52.5 Å². The van der Waals surface area contributed by atoms with Gasteiger partial charge >= 0.3 is 0 Å². The number of rotatable bonds is 9. The molecule has 0 bridgehead atoms. The normalized spacial score (nSPS) is 12.8. The molecule has 0 spiro atoms. The Bertz CT molecular complexity index is 1230. The molecule has 7 heteroatoms. The summed E-state index contributed by atoms with van der Waals surface area (Å²) >= 11 is 1.41. The minimum absolute atomic E-state index is 0.0575. The van der Waals surface area contributed by atoms with Gasteiger partial charge in [-0.1, -0.05) is 74.1 Å². The Kier molecular flexibility index (Phi) is 7.75. The van der Waals surface area contributed by atoms with E-state index in [1.54, 1.807) is 12.4 Å². The molecule has 4 rings (SSSR count). The van der Waals surface area contributed by atoms with Crippen LogP contribution in [0.25, 0.3) is 11.4 Å².